The summed E-state index contributed by atoms with van der Waals surface area (Å²) in [6.07, 6.45) is 5.86. The van der Waals surface area contributed by atoms with E-state index < -0.39 is 0 Å². The average molecular weight is 463 g/mol. The van der Waals surface area contributed by atoms with Crippen LogP contribution in [0.2, 0.25) is 0 Å². The van der Waals surface area contributed by atoms with Gasteiger partial charge in [0, 0.05) is 36.3 Å². The number of hydrogen-bond acceptors (Lipinski definition) is 7. The summed E-state index contributed by atoms with van der Waals surface area (Å²) in [5.74, 6) is 2.42. The normalized spacial score (nSPS) is 14.5. The Labute approximate surface area is 196 Å². The molecule has 0 spiro atoms. The van der Waals surface area contributed by atoms with Crippen molar-refractivity contribution in [1.82, 2.24) is 23.8 Å². The third kappa shape index (κ3) is 4.51. The molecule has 170 valence electrons. The predicted molar refractivity (Wildman–Crippen MR) is 129 cm³/mol. The van der Waals surface area contributed by atoms with Gasteiger partial charge >= 0.3 is 0 Å². The van der Waals surface area contributed by atoms with Crippen molar-refractivity contribution in [2.24, 2.45) is 0 Å². The van der Waals surface area contributed by atoms with E-state index in [2.05, 4.69) is 31.7 Å². The molecule has 5 rings (SSSR count). The number of benzene rings is 1. The first-order chi connectivity index (χ1) is 16.1. The fourth-order valence-electron chi connectivity index (χ4n) is 3.74. The Morgan fingerprint density at radius 1 is 1.27 bits per heavy atom. The summed E-state index contributed by atoms with van der Waals surface area (Å²) in [6.45, 7) is 6.03. The van der Waals surface area contributed by atoms with Crippen LogP contribution in [-0.4, -0.2) is 48.6 Å². The molecule has 1 aliphatic heterocycles. The van der Waals surface area contributed by atoms with Gasteiger partial charge in [-0.3, -0.25) is 9.20 Å². The highest BCUT2D eigenvalue weighted by Crippen LogP contribution is 2.33. The van der Waals surface area contributed by atoms with Crippen molar-refractivity contribution >= 4 is 29.2 Å². The lowest BCUT2D eigenvalue weighted by molar-refractivity contribution is 0.102. The van der Waals surface area contributed by atoms with Crippen LogP contribution in [0.5, 0.6) is 0 Å². The maximum atomic E-state index is 12.9. The van der Waals surface area contributed by atoms with Crippen molar-refractivity contribution in [1.29, 1.82) is 0 Å². The minimum absolute atomic E-state index is 0.224. The number of rotatable bonds is 8. The van der Waals surface area contributed by atoms with E-state index in [1.807, 2.05) is 61.5 Å². The van der Waals surface area contributed by atoms with E-state index in [-0.39, 0.29) is 11.8 Å². The Balaban J connectivity index is 1.28. The van der Waals surface area contributed by atoms with Crippen LogP contribution in [0.1, 0.15) is 47.6 Å². The molecule has 0 atom stereocenters. The molecule has 0 unspecified atom stereocenters. The summed E-state index contributed by atoms with van der Waals surface area (Å²) in [6, 6.07) is 11.4. The number of pyridine rings is 1. The largest absolute Gasteiger partial charge is 0.339 e. The minimum Gasteiger partial charge on any atom is -0.339 e. The zero-order chi connectivity index (χ0) is 22.8. The van der Waals surface area contributed by atoms with Crippen LogP contribution in [0.15, 0.2) is 53.3 Å². The molecule has 1 N–H and O–H groups in total. The van der Waals surface area contributed by atoms with Crippen LogP contribution in [-0.2, 0) is 0 Å². The second kappa shape index (κ2) is 9.36. The lowest BCUT2D eigenvalue weighted by Crippen LogP contribution is -2.40. The zero-order valence-corrected chi connectivity index (χ0v) is 19.5. The van der Waals surface area contributed by atoms with Crippen LogP contribution in [0.3, 0.4) is 0 Å². The number of aromatic nitrogens is 4. The molecule has 0 radical (unpaired) electrons. The van der Waals surface area contributed by atoms with Gasteiger partial charge in [-0.1, -0.05) is 48.6 Å². The Morgan fingerprint density at radius 2 is 2.15 bits per heavy atom. The standard InChI is InChI=1S/C24H26N6O2S/c1-3-4-11-33-29-14-18(15-29)24-27-22(28-32-24)17-9-8-16(2)19(12-17)26-23(31)20-13-25-21-7-5-6-10-30(20)21/h5-10,12-13,18H,3-4,11,14-15H2,1-2H3,(H,26,31). The molecule has 8 nitrogen and oxygen atoms in total. The molecule has 1 amide bonds. The number of hydrogen-bond donors (Lipinski definition) is 1. The van der Waals surface area contributed by atoms with E-state index in [1.165, 1.54) is 12.8 Å². The van der Waals surface area contributed by atoms with Gasteiger partial charge in [0.05, 0.1) is 12.1 Å². The van der Waals surface area contributed by atoms with E-state index >= 15 is 0 Å². The molecule has 0 aliphatic carbocycles. The number of amides is 1. The zero-order valence-electron chi connectivity index (χ0n) is 18.7. The van der Waals surface area contributed by atoms with E-state index in [0.717, 1.165) is 35.6 Å². The molecule has 1 aromatic carbocycles. The van der Waals surface area contributed by atoms with E-state index in [9.17, 15) is 4.79 Å². The summed E-state index contributed by atoms with van der Waals surface area (Å²) in [5.41, 5.74) is 3.66. The monoisotopic (exact) mass is 462 g/mol. The van der Waals surface area contributed by atoms with Gasteiger partial charge in [0.15, 0.2) is 0 Å². The summed E-state index contributed by atoms with van der Waals surface area (Å²) >= 11 is 1.90. The van der Waals surface area contributed by atoms with Crippen molar-refractivity contribution < 1.29 is 9.32 Å². The van der Waals surface area contributed by atoms with Gasteiger partial charge in [0.1, 0.15) is 11.3 Å². The topological polar surface area (TPSA) is 88.6 Å². The van der Waals surface area contributed by atoms with Gasteiger partial charge in [-0.05, 0) is 37.1 Å². The molecule has 9 heteroatoms. The third-order valence-electron chi connectivity index (χ3n) is 5.80. The molecule has 4 heterocycles. The number of nitrogens with zero attached hydrogens (tertiary/aromatic N) is 5. The fourth-order valence-corrected chi connectivity index (χ4v) is 4.99. The number of aryl methyl sites for hydroxylation is 1. The van der Waals surface area contributed by atoms with Gasteiger partial charge in [-0.25, -0.2) is 9.29 Å². The maximum Gasteiger partial charge on any atom is 0.274 e. The molecule has 1 fully saturated rings. The van der Waals surface area contributed by atoms with Crippen molar-refractivity contribution in [2.45, 2.75) is 32.6 Å². The maximum absolute atomic E-state index is 12.9. The number of imidazole rings is 1. The first-order valence-corrected chi connectivity index (χ1v) is 12.1. The predicted octanol–water partition coefficient (Wildman–Crippen LogP) is 4.79. The van der Waals surface area contributed by atoms with Gasteiger partial charge < -0.3 is 9.84 Å². The van der Waals surface area contributed by atoms with Gasteiger partial charge in [-0.2, -0.15) is 4.98 Å². The number of carbonyl (C=O) groups excluding carboxylic acids is 1. The molecule has 1 saturated heterocycles. The highest BCUT2D eigenvalue weighted by atomic mass is 32.2. The molecule has 3 aromatic heterocycles. The average Bonchev–Trinajstić information content (AvgIpc) is 3.44. The second-order valence-electron chi connectivity index (χ2n) is 8.24. The van der Waals surface area contributed by atoms with Crippen LogP contribution in [0, 0.1) is 6.92 Å². The molecule has 1 aliphatic rings. The Hall–Kier alpha value is -3.17. The first kappa shape index (κ1) is 21.7. The van der Waals surface area contributed by atoms with E-state index in [4.69, 9.17) is 4.52 Å². The molecule has 33 heavy (non-hydrogen) atoms. The van der Waals surface area contributed by atoms with Crippen molar-refractivity contribution in [3.05, 3.63) is 65.9 Å². The number of nitrogens with one attached hydrogen (secondary N) is 1. The number of carbonyl (C=O) groups is 1. The summed E-state index contributed by atoms with van der Waals surface area (Å²) in [5, 5.41) is 7.19. The molecular weight excluding hydrogens is 436 g/mol. The van der Waals surface area contributed by atoms with Crippen LogP contribution in [0.25, 0.3) is 17.0 Å². The van der Waals surface area contributed by atoms with Crippen molar-refractivity contribution in [3.8, 4) is 11.4 Å². The fraction of sp³-hybridized carbons (Fsp3) is 0.333. The molecule has 0 bridgehead atoms. The Kier molecular flexibility index (Phi) is 6.15. The number of unbranched alkanes of at least 4 members (excludes halogenated alkanes) is 1. The molecule has 0 saturated carbocycles. The Bertz CT molecular complexity index is 1280. The Morgan fingerprint density at radius 3 is 3.00 bits per heavy atom. The van der Waals surface area contributed by atoms with Crippen molar-refractivity contribution in [3.63, 3.8) is 0 Å². The second-order valence-corrected chi connectivity index (χ2v) is 9.43. The number of anilines is 1. The highest BCUT2D eigenvalue weighted by molar-refractivity contribution is 7.97. The lowest BCUT2D eigenvalue weighted by Gasteiger charge is -2.35. The number of fused-ring (bicyclic) bond motifs is 1. The van der Waals surface area contributed by atoms with E-state index in [0.29, 0.717) is 23.1 Å². The van der Waals surface area contributed by atoms with E-state index in [1.54, 1.807) is 10.6 Å². The quantitative estimate of drug-likeness (QED) is 0.297. The third-order valence-corrected chi connectivity index (χ3v) is 6.94. The van der Waals surface area contributed by atoms with Gasteiger partial charge in [-0.15, -0.1) is 0 Å². The molecule has 4 aromatic rings. The van der Waals surface area contributed by atoms with Crippen LogP contribution < -0.4 is 5.32 Å². The summed E-state index contributed by atoms with van der Waals surface area (Å²) < 4.78 is 9.68. The highest BCUT2D eigenvalue weighted by Gasteiger charge is 2.33. The van der Waals surface area contributed by atoms with Crippen molar-refractivity contribution in [2.75, 3.05) is 24.2 Å². The summed E-state index contributed by atoms with van der Waals surface area (Å²) in [7, 11) is 0. The van der Waals surface area contributed by atoms with Gasteiger partial charge in [0.25, 0.3) is 5.91 Å². The lowest BCUT2D eigenvalue weighted by atomic mass is 10.0. The van der Waals surface area contributed by atoms with Crippen LogP contribution in [0.4, 0.5) is 5.69 Å². The SMILES string of the molecule is CCCCSN1CC(c2nc(-c3ccc(C)c(NC(=O)c4cnc5ccccn45)c3)no2)C1. The van der Waals surface area contributed by atoms with Crippen LogP contribution >= 0.6 is 11.9 Å². The minimum atomic E-state index is -0.224. The van der Waals surface area contributed by atoms with Gasteiger partial charge in [0.2, 0.25) is 11.7 Å². The first-order valence-electron chi connectivity index (χ1n) is 11.2. The smallest absolute Gasteiger partial charge is 0.274 e. The summed E-state index contributed by atoms with van der Waals surface area (Å²) in [4.78, 5) is 21.9. The molecular formula is C24H26N6O2S.